The maximum Gasteiger partial charge on any atom is 0.242 e. The number of carbonyl (C=O) groups excluding carboxylic acids is 1. The molecule has 1 fully saturated rings. The topological polar surface area (TPSA) is 56.2 Å². The van der Waals surface area contributed by atoms with Crippen LogP contribution in [0.15, 0.2) is 0 Å². The van der Waals surface area contributed by atoms with E-state index in [0.29, 0.717) is 18.8 Å². The van der Waals surface area contributed by atoms with Crippen molar-refractivity contribution in [3.05, 3.63) is 0 Å². The normalized spacial score (nSPS) is 23.7. The molecule has 0 bridgehead atoms. The van der Waals surface area contributed by atoms with Gasteiger partial charge in [0.05, 0.1) is 5.84 Å². The Morgan fingerprint density at radius 2 is 2.50 bits per heavy atom. The van der Waals surface area contributed by atoms with Gasteiger partial charge in [0.1, 0.15) is 6.04 Å². The molecule has 1 rings (SSSR count). The average molecular weight is 169 g/mol. The first-order chi connectivity index (χ1) is 5.66. The largest absolute Gasteiger partial charge is 0.353 e. The van der Waals surface area contributed by atoms with E-state index in [1.165, 1.54) is 0 Å². The molecule has 1 aliphatic heterocycles. The Morgan fingerprint density at radius 1 is 1.83 bits per heavy atom. The molecule has 0 aromatic rings. The van der Waals surface area contributed by atoms with Crippen LogP contribution in [0.1, 0.15) is 20.3 Å². The second-order valence-electron chi connectivity index (χ2n) is 2.96. The molecule has 0 aromatic heterocycles. The van der Waals surface area contributed by atoms with Gasteiger partial charge in [0.15, 0.2) is 0 Å². The summed E-state index contributed by atoms with van der Waals surface area (Å²) in [6, 6.07) is -0.175. The van der Waals surface area contributed by atoms with Crippen molar-refractivity contribution < 1.29 is 4.79 Å². The van der Waals surface area contributed by atoms with Gasteiger partial charge >= 0.3 is 0 Å². The number of nitrogens with zero attached hydrogens (tertiary/aromatic N) is 1. The first-order valence-corrected chi connectivity index (χ1v) is 4.28. The lowest BCUT2D eigenvalue weighted by Gasteiger charge is -2.34. The zero-order valence-electron chi connectivity index (χ0n) is 7.55. The van der Waals surface area contributed by atoms with Crippen LogP contribution < -0.4 is 5.32 Å². The lowest BCUT2D eigenvalue weighted by Crippen LogP contribution is -2.55. The molecule has 1 atom stereocenters. The van der Waals surface area contributed by atoms with E-state index in [4.69, 9.17) is 5.41 Å². The summed E-state index contributed by atoms with van der Waals surface area (Å²) in [4.78, 5) is 13.0. The van der Waals surface area contributed by atoms with Gasteiger partial charge in [0, 0.05) is 19.5 Å². The highest BCUT2D eigenvalue weighted by Gasteiger charge is 2.25. The zero-order chi connectivity index (χ0) is 9.14. The van der Waals surface area contributed by atoms with Gasteiger partial charge < -0.3 is 10.2 Å². The van der Waals surface area contributed by atoms with Crippen LogP contribution in [0.4, 0.5) is 0 Å². The van der Waals surface area contributed by atoms with Gasteiger partial charge in [-0.1, -0.05) is 6.92 Å². The minimum atomic E-state index is -0.175. The molecule has 0 saturated carbocycles. The van der Waals surface area contributed by atoms with Gasteiger partial charge in [-0.3, -0.25) is 10.2 Å². The van der Waals surface area contributed by atoms with E-state index in [-0.39, 0.29) is 11.9 Å². The molecule has 0 aromatic carbocycles. The Bertz CT molecular complexity index is 202. The Morgan fingerprint density at radius 3 is 3.08 bits per heavy atom. The molecule has 1 unspecified atom stereocenters. The van der Waals surface area contributed by atoms with E-state index in [1.807, 2.05) is 18.7 Å². The first-order valence-electron chi connectivity index (χ1n) is 4.28. The predicted octanol–water partition coefficient (Wildman–Crippen LogP) is 0.194. The average Bonchev–Trinajstić information content (AvgIpc) is 2.08. The monoisotopic (exact) mass is 169 g/mol. The number of carbonyl (C=O) groups is 1. The van der Waals surface area contributed by atoms with Crippen LogP contribution in [0.5, 0.6) is 0 Å². The zero-order valence-corrected chi connectivity index (χ0v) is 7.55. The van der Waals surface area contributed by atoms with Crippen molar-refractivity contribution in [2.45, 2.75) is 26.3 Å². The highest BCUT2D eigenvalue weighted by atomic mass is 16.2. The fourth-order valence-corrected chi connectivity index (χ4v) is 1.35. The van der Waals surface area contributed by atoms with Crippen LogP contribution in [0, 0.1) is 5.41 Å². The maximum absolute atomic E-state index is 11.2. The molecule has 4 nitrogen and oxygen atoms in total. The number of amides is 1. The second-order valence-corrected chi connectivity index (χ2v) is 2.96. The summed E-state index contributed by atoms with van der Waals surface area (Å²) < 4.78 is 0. The van der Waals surface area contributed by atoms with E-state index >= 15 is 0 Å². The maximum atomic E-state index is 11.2. The number of piperazine rings is 1. The third-order valence-corrected chi connectivity index (χ3v) is 2.18. The number of amidine groups is 1. The number of hydrogen-bond acceptors (Lipinski definition) is 2. The molecular weight excluding hydrogens is 154 g/mol. The van der Waals surface area contributed by atoms with Crippen molar-refractivity contribution >= 4 is 11.7 Å². The lowest BCUT2D eigenvalue weighted by atomic mass is 10.2. The van der Waals surface area contributed by atoms with Crippen molar-refractivity contribution in [1.29, 1.82) is 5.41 Å². The summed E-state index contributed by atoms with van der Waals surface area (Å²) in [5.74, 6) is 0.580. The Kier molecular flexibility index (Phi) is 2.68. The highest BCUT2D eigenvalue weighted by Crippen LogP contribution is 2.05. The number of nitrogens with one attached hydrogen (secondary N) is 2. The van der Waals surface area contributed by atoms with Gasteiger partial charge in [-0.2, -0.15) is 0 Å². The SMILES string of the molecule is CCC(=N)N1CCNC(=O)C1C. The van der Waals surface area contributed by atoms with Crippen molar-refractivity contribution in [3.63, 3.8) is 0 Å². The van der Waals surface area contributed by atoms with Gasteiger partial charge in [-0.15, -0.1) is 0 Å². The molecule has 1 heterocycles. The lowest BCUT2D eigenvalue weighted by molar-refractivity contribution is -0.126. The predicted molar refractivity (Wildman–Crippen MR) is 47.2 cm³/mol. The summed E-state index contributed by atoms with van der Waals surface area (Å²) in [5.41, 5.74) is 0. The van der Waals surface area contributed by atoms with Crippen molar-refractivity contribution in [1.82, 2.24) is 10.2 Å². The third kappa shape index (κ3) is 1.57. The molecule has 1 aliphatic rings. The second kappa shape index (κ2) is 3.56. The van der Waals surface area contributed by atoms with Crippen LogP contribution in [0.3, 0.4) is 0 Å². The number of rotatable bonds is 1. The summed E-state index contributed by atoms with van der Waals surface area (Å²) in [6.07, 6.45) is 0.692. The minimum Gasteiger partial charge on any atom is -0.353 e. The van der Waals surface area contributed by atoms with Gasteiger partial charge in [0.2, 0.25) is 5.91 Å². The molecule has 68 valence electrons. The summed E-state index contributed by atoms with van der Waals surface area (Å²) in [6.45, 7) is 5.19. The first kappa shape index (κ1) is 9.03. The third-order valence-electron chi connectivity index (χ3n) is 2.18. The minimum absolute atomic E-state index is 0.0273. The molecule has 1 amide bonds. The van der Waals surface area contributed by atoms with Crippen molar-refractivity contribution in [2.24, 2.45) is 0 Å². The molecule has 2 N–H and O–H groups in total. The Hall–Kier alpha value is -1.06. The van der Waals surface area contributed by atoms with E-state index in [1.54, 1.807) is 0 Å². The van der Waals surface area contributed by atoms with Crippen LogP contribution in [0.2, 0.25) is 0 Å². The van der Waals surface area contributed by atoms with E-state index < -0.39 is 0 Å². The number of hydrogen-bond donors (Lipinski definition) is 2. The van der Waals surface area contributed by atoms with Crippen LogP contribution in [-0.4, -0.2) is 35.8 Å². The summed E-state index contributed by atoms with van der Waals surface area (Å²) in [5, 5.41) is 10.4. The van der Waals surface area contributed by atoms with E-state index in [2.05, 4.69) is 5.32 Å². The van der Waals surface area contributed by atoms with Gasteiger partial charge in [-0.05, 0) is 6.92 Å². The molecule has 12 heavy (non-hydrogen) atoms. The Balaban J connectivity index is 2.63. The van der Waals surface area contributed by atoms with Gasteiger partial charge in [-0.25, -0.2) is 0 Å². The fourth-order valence-electron chi connectivity index (χ4n) is 1.35. The van der Waals surface area contributed by atoms with Crippen molar-refractivity contribution in [3.8, 4) is 0 Å². The molecule has 0 aliphatic carbocycles. The van der Waals surface area contributed by atoms with Gasteiger partial charge in [0.25, 0.3) is 0 Å². The molecule has 0 radical (unpaired) electrons. The molecule has 0 spiro atoms. The quantitative estimate of drug-likeness (QED) is 0.435. The summed E-state index contributed by atoms with van der Waals surface area (Å²) in [7, 11) is 0. The molecule has 4 heteroatoms. The van der Waals surface area contributed by atoms with Crippen LogP contribution in [-0.2, 0) is 4.79 Å². The van der Waals surface area contributed by atoms with E-state index in [0.717, 1.165) is 6.54 Å². The van der Waals surface area contributed by atoms with Crippen LogP contribution in [0.25, 0.3) is 0 Å². The molecular formula is C8H15N3O. The van der Waals surface area contributed by atoms with E-state index in [9.17, 15) is 4.79 Å². The summed E-state index contributed by atoms with van der Waals surface area (Å²) >= 11 is 0. The van der Waals surface area contributed by atoms with Crippen molar-refractivity contribution in [2.75, 3.05) is 13.1 Å². The molecule has 1 saturated heterocycles. The standard InChI is InChI=1S/C8H15N3O/c1-3-7(9)11-5-4-10-8(12)6(11)2/h6,9H,3-5H2,1-2H3,(H,10,12). The fraction of sp³-hybridized carbons (Fsp3) is 0.750. The smallest absolute Gasteiger partial charge is 0.242 e. The Labute approximate surface area is 72.4 Å². The van der Waals surface area contributed by atoms with Crippen LogP contribution >= 0.6 is 0 Å². The highest BCUT2D eigenvalue weighted by molar-refractivity contribution is 5.89.